The zero-order valence-electron chi connectivity index (χ0n) is 17.1. The number of rotatable bonds is 6. The minimum atomic E-state index is 0. The van der Waals surface area contributed by atoms with E-state index in [1.807, 2.05) is 13.1 Å². The normalized spacial score (nSPS) is 24.4. The predicted molar refractivity (Wildman–Crippen MR) is 119 cm³/mol. The molecule has 2 saturated carbocycles. The monoisotopic (exact) mass is 490 g/mol. The summed E-state index contributed by atoms with van der Waals surface area (Å²) in [6.45, 7) is 7.72. The van der Waals surface area contributed by atoms with Gasteiger partial charge in [0.15, 0.2) is 11.7 Å². The minimum absolute atomic E-state index is 0. The maximum atomic E-state index is 6.05. The summed E-state index contributed by atoms with van der Waals surface area (Å²) < 4.78 is 11.5. The molecule has 0 aromatic carbocycles. The van der Waals surface area contributed by atoms with Crippen molar-refractivity contribution in [2.24, 2.45) is 10.4 Å². The molecule has 2 aliphatic carbocycles. The lowest BCUT2D eigenvalue weighted by atomic mass is 9.55. The number of nitrogens with zero attached hydrogens (tertiary/aromatic N) is 2. The fraction of sp³-hybridized carbons (Fsp3) is 0.800. The molecule has 27 heavy (non-hydrogen) atoms. The molecule has 2 atom stereocenters. The molecule has 0 bridgehead atoms. The van der Waals surface area contributed by atoms with Gasteiger partial charge in [-0.15, -0.1) is 24.0 Å². The number of hydrogen-bond acceptors (Lipinski definition) is 4. The van der Waals surface area contributed by atoms with E-state index in [0.717, 1.165) is 30.4 Å². The molecular weight excluding hydrogens is 455 g/mol. The van der Waals surface area contributed by atoms with Crippen LogP contribution in [0.3, 0.4) is 0 Å². The Hall–Kier alpha value is -0.830. The zero-order valence-corrected chi connectivity index (χ0v) is 19.4. The van der Waals surface area contributed by atoms with Gasteiger partial charge in [-0.1, -0.05) is 38.3 Å². The molecule has 3 rings (SSSR count). The van der Waals surface area contributed by atoms with Gasteiger partial charge in [-0.3, -0.25) is 4.99 Å². The van der Waals surface area contributed by atoms with Crippen molar-refractivity contribution in [3.8, 4) is 0 Å². The van der Waals surface area contributed by atoms with E-state index in [-0.39, 0.29) is 29.4 Å². The van der Waals surface area contributed by atoms with Gasteiger partial charge in [-0.25, -0.2) is 0 Å². The van der Waals surface area contributed by atoms with Crippen molar-refractivity contribution in [3.05, 3.63) is 17.5 Å². The van der Waals surface area contributed by atoms with Crippen molar-refractivity contribution < 1.29 is 9.26 Å². The zero-order chi connectivity index (χ0) is 18.6. The molecule has 6 nitrogen and oxygen atoms in total. The van der Waals surface area contributed by atoms with Crippen molar-refractivity contribution in [2.75, 3.05) is 13.7 Å². The van der Waals surface area contributed by atoms with Gasteiger partial charge in [0.25, 0.3) is 0 Å². The molecule has 2 N–H and O–H groups in total. The highest BCUT2D eigenvalue weighted by atomic mass is 127. The Balaban J connectivity index is 0.00000261. The smallest absolute Gasteiger partial charge is 0.191 e. The van der Waals surface area contributed by atoms with Gasteiger partial charge in [-0.05, 0) is 32.1 Å². The predicted octanol–water partition coefficient (Wildman–Crippen LogP) is 4.21. The van der Waals surface area contributed by atoms with Crippen LogP contribution in [0.4, 0.5) is 0 Å². The standard InChI is InChI=1S/C20H34N4O2.HI/c1-5-25-18-12-17(20(18)9-7-6-8-10-20)23-19(21-4)22-13-15-11-16(14(2)3)24-26-15;/h11,14,17-18H,5-10,12-13H2,1-4H3,(H2,21,22,23);1H. The molecule has 0 saturated heterocycles. The average Bonchev–Trinajstić information content (AvgIpc) is 3.13. The van der Waals surface area contributed by atoms with Gasteiger partial charge < -0.3 is 19.9 Å². The highest BCUT2D eigenvalue weighted by Gasteiger charge is 2.55. The van der Waals surface area contributed by atoms with Crippen LogP contribution in [0.2, 0.25) is 0 Å². The quantitative estimate of drug-likeness (QED) is 0.355. The molecule has 2 aliphatic rings. The van der Waals surface area contributed by atoms with Crippen molar-refractivity contribution in [1.82, 2.24) is 15.8 Å². The lowest BCUT2D eigenvalue weighted by Crippen LogP contribution is -2.66. The Kier molecular flexibility index (Phi) is 8.39. The number of halogens is 1. The Morgan fingerprint density at radius 2 is 2.11 bits per heavy atom. The fourth-order valence-electron chi connectivity index (χ4n) is 4.48. The molecule has 1 heterocycles. The maximum Gasteiger partial charge on any atom is 0.191 e. The van der Waals surface area contributed by atoms with Crippen molar-refractivity contribution in [3.63, 3.8) is 0 Å². The molecule has 1 aromatic heterocycles. The molecule has 154 valence electrons. The van der Waals surface area contributed by atoms with Crippen molar-refractivity contribution >= 4 is 29.9 Å². The van der Waals surface area contributed by atoms with E-state index >= 15 is 0 Å². The number of guanidine groups is 1. The summed E-state index contributed by atoms with van der Waals surface area (Å²) in [5.74, 6) is 2.05. The van der Waals surface area contributed by atoms with Gasteiger partial charge in [0.1, 0.15) is 0 Å². The third kappa shape index (κ3) is 4.96. The average molecular weight is 490 g/mol. The van der Waals surface area contributed by atoms with Crippen LogP contribution in [-0.2, 0) is 11.3 Å². The molecule has 7 heteroatoms. The van der Waals surface area contributed by atoms with Crippen LogP contribution < -0.4 is 10.6 Å². The Morgan fingerprint density at radius 1 is 1.37 bits per heavy atom. The SMILES string of the molecule is CCOC1CC(NC(=NC)NCc2cc(C(C)C)no2)C12CCCCC2.I. The molecule has 1 aromatic rings. The summed E-state index contributed by atoms with van der Waals surface area (Å²) in [5.41, 5.74) is 1.27. The number of aromatic nitrogens is 1. The first kappa shape index (κ1) is 22.5. The van der Waals surface area contributed by atoms with Crippen LogP contribution in [0.1, 0.15) is 76.7 Å². The Bertz CT molecular complexity index is 611. The first-order valence-electron chi connectivity index (χ1n) is 10.1. The van der Waals surface area contributed by atoms with Crippen LogP contribution >= 0.6 is 24.0 Å². The largest absolute Gasteiger partial charge is 0.378 e. The first-order chi connectivity index (χ1) is 12.6. The first-order valence-corrected chi connectivity index (χ1v) is 10.1. The Labute approximate surface area is 180 Å². The van der Waals surface area contributed by atoms with E-state index in [2.05, 4.69) is 41.6 Å². The van der Waals surface area contributed by atoms with E-state index in [0.29, 0.717) is 24.6 Å². The molecule has 2 fully saturated rings. The maximum absolute atomic E-state index is 6.05. The van der Waals surface area contributed by atoms with E-state index in [1.165, 1.54) is 32.1 Å². The van der Waals surface area contributed by atoms with E-state index in [1.54, 1.807) is 0 Å². The molecule has 1 spiro atoms. The van der Waals surface area contributed by atoms with E-state index < -0.39 is 0 Å². The van der Waals surface area contributed by atoms with Gasteiger partial charge in [0, 0.05) is 31.2 Å². The van der Waals surface area contributed by atoms with Crippen LogP contribution in [0.15, 0.2) is 15.6 Å². The van der Waals surface area contributed by atoms with Gasteiger partial charge in [0.2, 0.25) is 0 Å². The minimum Gasteiger partial charge on any atom is -0.378 e. The lowest BCUT2D eigenvalue weighted by Gasteiger charge is -2.57. The lowest BCUT2D eigenvalue weighted by molar-refractivity contribution is -0.145. The third-order valence-corrected chi connectivity index (χ3v) is 6.07. The summed E-state index contributed by atoms with van der Waals surface area (Å²) >= 11 is 0. The van der Waals surface area contributed by atoms with Gasteiger partial charge in [0.05, 0.1) is 18.3 Å². The van der Waals surface area contributed by atoms with Gasteiger partial charge >= 0.3 is 0 Å². The summed E-state index contributed by atoms with van der Waals surface area (Å²) in [6.07, 6.45) is 7.94. The number of nitrogens with one attached hydrogen (secondary N) is 2. The van der Waals surface area contributed by atoms with Crippen molar-refractivity contribution in [1.29, 1.82) is 0 Å². The highest BCUT2D eigenvalue weighted by Crippen LogP contribution is 2.53. The summed E-state index contributed by atoms with van der Waals surface area (Å²) in [6, 6.07) is 2.45. The second-order valence-electron chi connectivity index (χ2n) is 7.97. The van der Waals surface area contributed by atoms with Crippen LogP contribution in [0, 0.1) is 5.41 Å². The summed E-state index contributed by atoms with van der Waals surface area (Å²) in [4.78, 5) is 4.41. The molecule has 0 aliphatic heterocycles. The number of hydrogen-bond donors (Lipinski definition) is 2. The molecule has 0 radical (unpaired) electrons. The Morgan fingerprint density at radius 3 is 2.70 bits per heavy atom. The van der Waals surface area contributed by atoms with E-state index in [4.69, 9.17) is 9.26 Å². The molecular formula is C20H35IN4O2. The second-order valence-corrected chi connectivity index (χ2v) is 7.97. The summed E-state index contributed by atoms with van der Waals surface area (Å²) in [5, 5.41) is 11.1. The topological polar surface area (TPSA) is 71.7 Å². The summed E-state index contributed by atoms with van der Waals surface area (Å²) in [7, 11) is 1.82. The number of aliphatic imine (C=N–C) groups is 1. The second kappa shape index (κ2) is 10.1. The third-order valence-electron chi connectivity index (χ3n) is 6.07. The van der Waals surface area contributed by atoms with Crippen LogP contribution in [-0.4, -0.2) is 36.9 Å². The molecule has 2 unspecified atom stereocenters. The number of ether oxygens (including phenoxy) is 1. The van der Waals surface area contributed by atoms with Crippen molar-refractivity contribution in [2.45, 2.75) is 83.9 Å². The van der Waals surface area contributed by atoms with Crippen LogP contribution in [0.5, 0.6) is 0 Å². The fourth-order valence-corrected chi connectivity index (χ4v) is 4.48. The van der Waals surface area contributed by atoms with Crippen LogP contribution in [0.25, 0.3) is 0 Å². The molecule has 0 amide bonds. The van der Waals surface area contributed by atoms with Gasteiger partial charge in [-0.2, -0.15) is 0 Å². The highest BCUT2D eigenvalue weighted by molar-refractivity contribution is 14.0. The van der Waals surface area contributed by atoms with E-state index in [9.17, 15) is 0 Å².